The van der Waals surface area contributed by atoms with Crippen molar-refractivity contribution in [2.45, 2.75) is 25.4 Å². The van der Waals surface area contributed by atoms with E-state index in [0.29, 0.717) is 6.54 Å². The number of carbonyl (C=O) groups excluding carboxylic acids is 1. The quantitative estimate of drug-likeness (QED) is 0.794. The number of carbonyl (C=O) groups is 1. The largest absolute Gasteiger partial charge is 0.388 e. The summed E-state index contributed by atoms with van der Waals surface area (Å²) in [5, 5.41) is 10.0. The lowest BCUT2D eigenvalue weighted by Gasteiger charge is -2.37. The predicted molar refractivity (Wildman–Crippen MR) is 74.9 cm³/mol. The molecule has 17 heavy (non-hydrogen) atoms. The molecule has 1 aliphatic rings. The molecule has 1 saturated heterocycles. The Bertz CT molecular complexity index is 431. The zero-order chi connectivity index (χ0) is 12.5. The van der Waals surface area contributed by atoms with Crippen LogP contribution in [0.2, 0.25) is 0 Å². The Morgan fingerprint density at radius 1 is 1.47 bits per heavy atom. The lowest BCUT2D eigenvalue weighted by molar-refractivity contribution is -0.0107. The number of β-amino-alcohol motifs (C(OH)–C–C–N with tert-alkyl or cyclic N) is 1. The zero-order valence-corrected chi connectivity index (χ0v) is 12.0. The van der Waals surface area contributed by atoms with E-state index in [1.807, 2.05) is 24.3 Å². The summed E-state index contributed by atoms with van der Waals surface area (Å²) in [6.45, 7) is 2.96. The van der Waals surface area contributed by atoms with Crippen molar-refractivity contribution >= 4 is 28.5 Å². The number of halogens is 1. The minimum absolute atomic E-state index is 0.0231. The second-order valence-corrected chi connectivity index (χ2v) is 5.97. The highest BCUT2D eigenvalue weighted by molar-refractivity contribution is 14.1. The summed E-state index contributed by atoms with van der Waals surface area (Å²) in [7, 11) is 0. The molecule has 1 unspecified atom stereocenters. The fourth-order valence-electron chi connectivity index (χ4n) is 2.20. The summed E-state index contributed by atoms with van der Waals surface area (Å²) in [6.07, 6.45) is 1.63. The Kier molecular flexibility index (Phi) is 3.73. The van der Waals surface area contributed by atoms with Gasteiger partial charge >= 0.3 is 0 Å². The predicted octanol–water partition coefficient (Wildman–Crippen LogP) is 2.28. The van der Waals surface area contributed by atoms with Crippen LogP contribution in [0.15, 0.2) is 24.3 Å². The highest BCUT2D eigenvalue weighted by Gasteiger charge is 2.31. The van der Waals surface area contributed by atoms with E-state index in [2.05, 4.69) is 22.6 Å². The molecule has 0 spiro atoms. The summed E-state index contributed by atoms with van der Waals surface area (Å²) in [4.78, 5) is 14.1. The molecule has 4 heteroatoms. The minimum atomic E-state index is -0.742. The lowest BCUT2D eigenvalue weighted by atomic mass is 9.94. The Hall–Kier alpha value is -0.620. The normalized spacial score (nSPS) is 24.8. The first kappa shape index (κ1) is 12.8. The summed E-state index contributed by atoms with van der Waals surface area (Å²) in [5.41, 5.74) is -0.0143. The molecule has 1 aromatic carbocycles. The molecule has 0 aliphatic carbocycles. The summed E-state index contributed by atoms with van der Waals surface area (Å²) >= 11 is 2.17. The van der Waals surface area contributed by atoms with Gasteiger partial charge in [0.2, 0.25) is 0 Å². The number of aliphatic hydroxyl groups is 1. The summed E-state index contributed by atoms with van der Waals surface area (Å²) in [5.74, 6) is 0.0231. The van der Waals surface area contributed by atoms with Gasteiger partial charge in [-0.2, -0.15) is 0 Å². The smallest absolute Gasteiger partial charge is 0.255 e. The number of hydrogen-bond acceptors (Lipinski definition) is 2. The van der Waals surface area contributed by atoms with Crippen LogP contribution in [-0.2, 0) is 0 Å². The first-order valence-corrected chi connectivity index (χ1v) is 6.84. The van der Waals surface area contributed by atoms with Gasteiger partial charge < -0.3 is 10.0 Å². The number of piperidine rings is 1. The first-order chi connectivity index (χ1) is 7.99. The Morgan fingerprint density at radius 2 is 2.18 bits per heavy atom. The first-order valence-electron chi connectivity index (χ1n) is 5.76. The van der Waals surface area contributed by atoms with Crippen molar-refractivity contribution in [2.24, 2.45) is 0 Å². The van der Waals surface area contributed by atoms with Crippen molar-refractivity contribution in [3.05, 3.63) is 33.4 Å². The molecular formula is C13H16INO2. The van der Waals surface area contributed by atoms with Crippen molar-refractivity contribution in [3.8, 4) is 0 Å². The van der Waals surface area contributed by atoms with Crippen molar-refractivity contribution in [1.82, 2.24) is 4.90 Å². The number of nitrogens with zero attached hydrogens (tertiary/aromatic N) is 1. The molecule has 0 aromatic heterocycles. The van der Waals surface area contributed by atoms with Crippen LogP contribution in [0.5, 0.6) is 0 Å². The fraction of sp³-hybridized carbons (Fsp3) is 0.462. The molecule has 0 radical (unpaired) electrons. The van der Waals surface area contributed by atoms with Gasteiger partial charge in [0.05, 0.1) is 11.2 Å². The topological polar surface area (TPSA) is 40.5 Å². The molecule has 1 aromatic rings. The van der Waals surface area contributed by atoms with Gasteiger partial charge in [-0.15, -0.1) is 0 Å². The number of amides is 1. The Labute approximate surface area is 115 Å². The van der Waals surface area contributed by atoms with Crippen LogP contribution < -0.4 is 0 Å². The molecule has 1 N–H and O–H groups in total. The molecule has 3 nitrogen and oxygen atoms in total. The van der Waals surface area contributed by atoms with Crippen LogP contribution >= 0.6 is 22.6 Å². The molecular weight excluding hydrogens is 329 g/mol. The highest BCUT2D eigenvalue weighted by Crippen LogP contribution is 2.23. The van der Waals surface area contributed by atoms with E-state index in [1.165, 1.54) is 0 Å². The van der Waals surface area contributed by atoms with E-state index in [4.69, 9.17) is 0 Å². The summed E-state index contributed by atoms with van der Waals surface area (Å²) < 4.78 is 0.959. The fourth-order valence-corrected chi connectivity index (χ4v) is 2.82. The van der Waals surface area contributed by atoms with E-state index < -0.39 is 5.60 Å². The molecule has 1 heterocycles. The van der Waals surface area contributed by atoms with Crippen LogP contribution in [0.25, 0.3) is 0 Å². The van der Waals surface area contributed by atoms with E-state index in [-0.39, 0.29) is 5.91 Å². The van der Waals surface area contributed by atoms with Gasteiger partial charge in [0, 0.05) is 16.7 Å². The van der Waals surface area contributed by atoms with E-state index in [9.17, 15) is 9.90 Å². The van der Waals surface area contributed by atoms with Gasteiger partial charge in [-0.1, -0.05) is 12.1 Å². The average Bonchev–Trinajstić information content (AvgIpc) is 2.27. The molecule has 1 atom stereocenters. The number of benzene rings is 1. The minimum Gasteiger partial charge on any atom is -0.388 e. The molecule has 2 rings (SSSR count). The van der Waals surface area contributed by atoms with E-state index in [1.54, 1.807) is 11.8 Å². The van der Waals surface area contributed by atoms with Gasteiger partial charge in [0.15, 0.2) is 0 Å². The molecule has 92 valence electrons. The van der Waals surface area contributed by atoms with Crippen LogP contribution in [0.3, 0.4) is 0 Å². The van der Waals surface area contributed by atoms with E-state index in [0.717, 1.165) is 28.5 Å². The van der Waals surface area contributed by atoms with Crippen LogP contribution in [0, 0.1) is 3.57 Å². The lowest BCUT2D eigenvalue weighted by Crippen LogP contribution is -2.48. The van der Waals surface area contributed by atoms with Gasteiger partial charge in [-0.05, 0) is 54.5 Å². The molecule has 0 bridgehead atoms. The molecule has 1 amide bonds. The average molecular weight is 345 g/mol. The number of rotatable bonds is 1. The van der Waals surface area contributed by atoms with Crippen LogP contribution in [0.4, 0.5) is 0 Å². The van der Waals surface area contributed by atoms with Crippen molar-refractivity contribution in [1.29, 1.82) is 0 Å². The maximum absolute atomic E-state index is 12.3. The van der Waals surface area contributed by atoms with Crippen molar-refractivity contribution in [2.75, 3.05) is 13.1 Å². The second kappa shape index (κ2) is 4.94. The SMILES string of the molecule is CC1(O)CCCN(C(=O)c2ccccc2I)C1. The van der Waals surface area contributed by atoms with Gasteiger partial charge in [0.25, 0.3) is 5.91 Å². The van der Waals surface area contributed by atoms with E-state index >= 15 is 0 Å². The van der Waals surface area contributed by atoms with Crippen molar-refractivity contribution < 1.29 is 9.90 Å². The Balaban J connectivity index is 2.18. The third kappa shape index (κ3) is 2.98. The Morgan fingerprint density at radius 3 is 2.82 bits per heavy atom. The third-order valence-electron chi connectivity index (χ3n) is 3.07. The monoisotopic (exact) mass is 345 g/mol. The third-order valence-corrected chi connectivity index (χ3v) is 4.01. The summed E-state index contributed by atoms with van der Waals surface area (Å²) in [6, 6.07) is 7.56. The maximum atomic E-state index is 12.3. The van der Waals surface area contributed by atoms with Gasteiger partial charge in [-0.3, -0.25) is 4.79 Å². The van der Waals surface area contributed by atoms with Crippen molar-refractivity contribution in [3.63, 3.8) is 0 Å². The molecule has 0 saturated carbocycles. The van der Waals surface area contributed by atoms with Crippen LogP contribution in [0.1, 0.15) is 30.1 Å². The number of hydrogen-bond donors (Lipinski definition) is 1. The second-order valence-electron chi connectivity index (χ2n) is 4.81. The molecule has 1 aliphatic heterocycles. The maximum Gasteiger partial charge on any atom is 0.255 e. The van der Waals surface area contributed by atoms with Gasteiger partial charge in [0.1, 0.15) is 0 Å². The highest BCUT2D eigenvalue weighted by atomic mass is 127. The number of likely N-dealkylation sites (tertiary alicyclic amines) is 1. The molecule has 1 fully saturated rings. The van der Waals surface area contributed by atoms with Gasteiger partial charge in [-0.25, -0.2) is 0 Å². The standard InChI is InChI=1S/C13H16INO2/c1-13(17)7-4-8-15(9-13)12(16)10-5-2-3-6-11(10)14/h2-3,5-6,17H,4,7-9H2,1H3. The zero-order valence-electron chi connectivity index (χ0n) is 9.82. The van der Waals surface area contributed by atoms with Crippen LogP contribution in [-0.4, -0.2) is 34.6 Å².